The van der Waals surface area contributed by atoms with Gasteiger partial charge in [-0.05, 0) is 43.2 Å². The lowest BCUT2D eigenvalue weighted by atomic mass is 10.1. The summed E-state index contributed by atoms with van der Waals surface area (Å²) in [6, 6.07) is 11.5. The molecular weight excluding hydrogens is 262 g/mol. The SMILES string of the molecule is CC(C)N(Cc1cccnc1)C(=O)Cc1cccc(N)c1. The zero-order valence-electron chi connectivity index (χ0n) is 12.5. The molecule has 2 N–H and O–H groups in total. The lowest BCUT2D eigenvalue weighted by Gasteiger charge is -2.27. The van der Waals surface area contributed by atoms with Gasteiger partial charge in [0.1, 0.15) is 0 Å². The molecule has 2 rings (SSSR count). The highest BCUT2D eigenvalue weighted by Crippen LogP contribution is 2.12. The largest absolute Gasteiger partial charge is 0.399 e. The Morgan fingerprint density at radius 1 is 1.24 bits per heavy atom. The van der Waals surface area contributed by atoms with E-state index < -0.39 is 0 Å². The molecule has 1 aromatic heterocycles. The first-order chi connectivity index (χ1) is 10.1. The normalized spacial score (nSPS) is 10.6. The predicted molar refractivity (Wildman–Crippen MR) is 84.5 cm³/mol. The van der Waals surface area contributed by atoms with Gasteiger partial charge >= 0.3 is 0 Å². The molecule has 0 fully saturated rings. The van der Waals surface area contributed by atoms with Crippen LogP contribution in [0.4, 0.5) is 5.69 Å². The average molecular weight is 283 g/mol. The minimum atomic E-state index is 0.0967. The smallest absolute Gasteiger partial charge is 0.227 e. The van der Waals surface area contributed by atoms with Crippen LogP contribution < -0.4 is 5.73 Å². The molecular formula is C17H21N3O. The number of hydrogen-bond acceptors (Lipinski definition) is 3. The maximum absolute atomic E-state index is 12.5. The fourth-order valence-electron chi connectivity index (χ4n) is 2.23. The van der Waals surface area contributed by atoms with Gasteiger partial charge in [-0.15, -0.1) is 0 Å². The Kier molecular flexibility index (Phi) is 4.93. The predicted octanol–water partition coefficient (Wildman–Crippen LogP) is 2.64. The van der Waals surface area contributed by atoms with Crippen molar-refractivity contribution in [3.05, 3.63) is 59.9 Å². The molecule has 1 amide bonds. The molecule has 0 bridgehead atoms. The summed E-state index contributed by atoms with van der Waals surface area (Å²) in [5, 5.41) is 0. The van der Waals surface area contributed by atoms with Crippen LogP contribution >= 0.6 is 0 Å². The number of carbonyl (C=O) groups is 1. The molecule has 0 radical (unpaired) electrons. The molecule has 0 spiro atoms. The van der Waals surface area contributed by atoms with Crippen molar-refractivity contribution in [1.29, 1.82) is 0 Å². The van der Waals surface area contributed by atoms with E-state index in [2.05, 4.69) is 4.98 Å². The van der Waals surface area contributed by atoms with E-state index in [1.54, 1.807) is 12.4 Å². The molecule has 0 aliphatic carbocycles. The second-order valence-electron chi connectivity index (χ2n) is 5.40. The zero-order valence-corrected chi connectivity index (χ0v) is 12.5. The Bertz CT molecular complexity index is 596. The number of anilines is 1. The summed E-state index contributed by atoms with van der Waals surface area (Å²) in [4.78, 5) is 18.5. The second-order valence-corrected chi connectivity index (χ2v) is 5.40. The summed E-state index contributed by atoms with van der Waals surface area (Å²) in [5.41, 5.74) is 8.42. The van der Waals surface area contributed by atoms with Crippen molar-refractivity contribution in [2.24, 2.45) is 0 Å². The molecule has 21 heavy (non-hydrogen) atoms. The average Bonchev–Trinajstić information content (AvgIpc) is 2.45. The minimum Gasteiger partial charge on any atom is -0.399 e. The van der Waals surface area contributed by atoms with E-state index >= 15 is 0 Å². The van der Waals surface area contributed by atoms with Gasteiger partial charge < -0.3 is 10.6 Å². The zero-order chi connectivity index (χ0) is 15.2. The highest BCUT2D eigenvalue weighted by Gasteiger charge is 2.17. The van der Waals surface area contributed by atoms with Gasteiger partial charge in [-0.1, -0.05) is 18.2 Å². The first kappa shape index (κ1) is 15.0. The van der Waals surface area contributed by atoms with E-state index in [9.17, 15) is 4.79 Å². The van der Waals surface area contributed by atoms with Crippen LogP contribution in [0.5, 0.6) is 0 Å². The lowest BCUT2D eigenvalue weighted by molar-refractivity contribution is -0.132. The quantitative estimate of drug-likeness (QED) is 0.858. The number of aromatic nitrogens is 1. The summed E-state index contributed by atoms with van der Waals surface area (Å²) < 4.78 is 0. The number of hydrogen-bond donors (Lipinski definition) is 1. The van der Waals surface area contributed by atoms with Crippen molar-refractivity contribution in [2.75, 3.05) is 5.73 Å². The van der Waals surface area contributed by atoms with Gasteiger partial charge in [-0.2, -0.15) is 0 Å². The molecule has 0 aliphatic heterocycles. The third-order valence-corrected chi connectivity index (χ3v) is 3.33. The summed E-state index contributed by atoms with van der Waals surface area (Å²) >= 11 is 0. The van der Waals surface area contributed by atoms with Gasteiger partial charge in [0.25, 0.3) is 0 Å². The van der Waals surface area contributed by atoms with Gasteiger partial charge in [0.15, 0.2) is 0 Å². The van der Waals surface area contributed by atoms with Crippen LogP contribution in [-0.2, 0) is 17.8 Å². The maximum atomic E-state index is 12.5. The Morgan fingerprint density at radius 2 is 2.00 bits per heavy atom. The number of nitrogens with zero attached hydrogens (tertiary/aromatic N) is 2. The number of amides is 1. The van der Waals surface area contributed by atoms with Crippen molar-refractivity contribution in [1.82, 2.24) is 9.88 Å². The topological polar surface area (TPSA) is 59.2 Å². The van der Waals surface area contributed by atoms with E-state index in [4.69, 9.17) is 5.73 Å². The number of carbonyl (C=O) groups excluding carboxylic acids is 1. The summed E-state index contributed by atoms with van der Waals surface area (Å²) in [6.07, 6.45) is 3.89. The first-order valence-corrected chi connectivity index (χ1v) is 7.09. The lowest BCUT2D eigenvalue weighted by Crippen LogP contribution is -2.37. The van der Waals surface area contributed by atoms with Gasteiger partial charge in [0.2, 0.25) is 5.91 Å². The van der Waals surface area contributed by atoms with E-state index in [-0.39, 0.29) is 11.9 Å². The highest BCUT2D eigenvalue weighted by atomic mass is 16.2. The van der Waals surface area contributed by atoms with E-state index in [1.807, 2.05) is 55.1 Å². The number of nitrogens with two attached hydrogens (primary N) is 1. The van der Waals surface area contributed by atoms with E-state index in [0.717, 1.165) is 11.1 Å². The highest BCUT2D eigenvalue weighted by molar-refractivity contribution is 5.79. The van der Waals surface area contributed by atoms with Gasteiger partial charge in [-0.3, -0.25) is 9.78 Å². The Balaban J connectivity index is 2.09. The molecule has 0 atom stereocenters. The number of pyridine rings is 1. The number of benzene rings is 1. The minimum absolute atomic E-state index is 0.0967. The van der Waals surface area contributed by atoms with Crippen LogP contribution in [0.3, 0.4) is 0 Å². The molecule has 4 nitrogen and oxygen atoms in total. The standard InChI is InChI=1S/C17H21N3O/c1-13(2)20(12-15-6-4-8-19-11-15)17(21)10-14-5-3-7-16(18)9-14/h3-9,11,13H,10,12,18H2,1-2H3. The summed E-state index contributed by atoms with van der Waals surface area (Å²) in [7, 11) is 0. The van der Waals surface area contributed by atoms with Crippen LogP contribution in [-0.4, -0.2) is 21.8 Å². The second kappa shape index (κ2) is 6.88. The third kappa shape index (κ3) is 4.31. The van der Waals surface area contributed by atoms with Crippen molar-refractivity contribution in [3.63, 3.8) is 0 Å². The maximum Gasteiger partial charge on any atom is 0.227 e. The van der Waals surface area contributed by atoms with Crippen LogP contribution in [0.25, 0.3) is 0 Å². The van der Waals surface area contributed by atoms with Crippen LogP contribution in [0.1, 0.15) is 25.0 Å². The first-order valence-electron chi connectivity index (χ1n) is 7.09. The molecule has 1 heterocycles. The molecule has 1 aromatic carbocycles. The third-order valence-electron chi connectivity index (χ3n) is 3.33. The monoisotopic (exact) mass is 283 g/mol. The Labute approximate surface area is 125 Å². The van der Waals surface area contributed by atoms with Crippen molar-refractivity contribution >= 4 is 11.6 Å². The number of nitrogen functional groups attached to an aromatic ring is 1. The summed E-state index contributed by atoms with van der Waals surface area (Å²) in [5.74, 6) is 0.0967. The van der Waals surface area contributed by atoms with Crippen molar-refractivity contribution in [3.8, 4) is 0 Å². The fourth-order valence-corrected chi connectivity index (χ4v) is 2.23. The van der Waals surface area contributed by atoms with E-state index in [1.165, 1.54) is 0 Å². The van der Waals surface area contributed by atoms with Gasteiger partial charge in [0.05, 0.1) is 6.42 Å². The van der Waals surface area contributed by atoms with Gasteiger partial charge in [0, 0.05) is 30.7 Å². The fraction of sp³-hybridized carbons (Fsp3) is 0.294. The molecule has 0 unspecified atom stereocenters. The van der Waals surface area contributed by atoms with Crippen LogP contribution in [0, 0.1) is 0 Å². The van der Waals surface area contributed by atoms with Crippen molar-refractivity contribution in [2.45, 2.75) is 32.9 Å². The van der Waals surface area contributed by atoms with Crippen LogP contribution in [0.2, 0.25) is 0 Å². The van der Waals surface area contributed by atoms with Crippen LogP contribution in [0.15, 0.2) is 48.8 Å². The molecule has 0 saturated heterocycles. The molecule has 4 heteroatoms. The molecule has 2 aromatic rings. The van der Waals surface area contributed by atoms with Crippen molar-refractivity contribution < 1.29 is 4.79 Å². The number of rotatable bonds is 5. The Hall–Kier alpha value is -2.36. The van der Waals surface area contributed by atoms with E-state index in [0.29, 0.717) is 18.7 Å². The molecule has 0 aliphatic rings. The summed E-state index contributed by atoms with van der Waals surface area (Å²) in [6.45, 7) is 4.62. The molecule has 110 valence electrons. The molecule has 0 saturated carbocycles. The van der Waals surface area contributed by atoms with Gasteiger partial charge in [-0.25, -0.2) is 0 Å². The Morgan fingerprint density at radius 3 is 2.62 bits per heavy atom.